The molecule has 9 heteroatoms. The predicted molar refractivity (Wildman–Crippen MR) is 102 cm³/mol. The summed E-state index contributed by atoms with van der Waals surface area (Å²) in [6.07, 6.45) is 0.333. The van der Waals surface area contributed by atoms with Gasteiger partial charge < -0.3 is 14.4 Å². The summed E-state index contributed by atoms with van der Waals surface area (Å²) >= 11 is 0. The number of carbonyl (C=O) groups is 2. The number of piperidine rings is 1. The first-order valence-electron chi connectivity index (χ1n) is 9.29. The van der Waals surface area contributed by atoms with Gasteiger partial charge in [-0.1, -0.05) is 0 Å². The van der Waals surface area contributed by atoms with Crippen molar-refractivity contribution in [1.82, 2.24) is 14.5 Å². The molecule has 2 aliphatic heterocycles. The molecule has 2 fully saturated rings. The van der Waals surface area contributed by atoms with E-state index in [4.69, 9.17) is 9.47 Å². The maximum atomic E-state index is 12.8. The molecule has 3 heterocycles. The zero-order valence-corrected chi connectivity index (χ0v) is 16.2. The van der Waals surface area contributed by atoms with Gasteiger partial charge in [0.2, 0.25) is 11.8 Å². The lowest BCUT2D eigenvalue weighted by molar-refractivity contribution is -0.142. The smallest absolute Gasteiger partial charge is 0.329 e. The Kier molecular flexibility index (Phi) is 4.72. The van der Waals surface area contributed by atoms with E-state index in [2.05, 4.69) is 10.2 Å². The summed E-state index contributed by atoms with van der Waals surface area (Å²) in [5, 5.41) is 2.32. The van der Waals surface area contributed by atoms with Crippen molar-refractivity contribution < 1.29 is 19.1 Å². The minimum atomic E-state index is -0.669. The minimum absolute atomic E-state index is 0.224. The highest BCUT2D eigenvalue weighted by molar-refractivity contribution is 6.00. The number of rotatable bonds is 5. The second kappa shape index (κ2) is 7.06. The Morgan fingerprint density at radius 2 is 1.82 bits per heavy atom. The molecular formula is C19H24N4O5. The summed E-state index contributed by atoms with van der Waals surface area (Å²) in [5.74, 6) is -0.428. The van der Waals surface area contributed by atoms with Crippen molar-refractivity contribution in [2.45, 2.75) is 25.2 Å². The fourth-order valence-electron chi connectivity index (χ4n) is 4.16. The summed E-state index contributed by atoms with van der Waals surface area (Å²) < 4.78 is 13.7. The Morgan fingerprint density at radius 1 is 1.11 bits per heavy atom. The number of imide groups is 1. The third-order valence-electron chi connectivity index (χ3n) is 5.72. The number of hydrogen-bond acceptors (Lipinski definition) is 6. The largest absolute Gasteiger partial charge is 0.370 e. The van der Waals surface area contributed by atoms with Crippen LogP contribution in [0.15, 0.2) is 23.0 Å². The van der Waals surface area contributed by atoms with E-state index in [9.17, 15) is 14.4 Å². The van der Waals surface area contributed by atoms with Crippen LogP contribution in [0, 0.1) is 5.92 Å². The van der Waals surface area contributed by atoms with Crippen molar-refractivity contribution in [1.29, 1.82) is 0 Å². The quantitative estimate of drug-likeness (QED) is 0.588. The summed E-state index contributed by atoms with van der Waals surface area (Å²) in [5.41, 5.74) is 2.19. The van der Waals surface area contributed by atoms with Crippen molar-refractivity contribution >= 4 is 28.5 Å². The third-order valence-corrected chi connectivity index (χ3v) is 5.72. The lowest BCUT2D eigenvalue weighted by Gasteiger charge is -2.43. The van der Waals surface area contributed by atoms with Crippen molar-refractivity contribution in [3.63, 3.8) is 0 Å². The van der Waals surface area contributed by atoms with Crippen molar-refractivity contribution in [3.8, 4) is 0 Å². The van der Waals surface area contributed by atoms with Gasteiger partial charge in [0, 0.05) is 52.4 Å². The number of aryl methyl sites for hydroxylation is 1. The number of fused-ring (bicyclic) bond motifs is 1. The maximum Gasteiger partial charge on any atom is 0.329 e. The molecule has 1 atom stereocenters. The third kappa shape index (κ3) is 2.91. The Bertz CT molecular complexity index is 984. The van der Waals surface area contributed by atoms with Crippen LogP contribution in [0.3, 0.4) is 0 Å². The Morgan fingerprint density at radius 3 is 2.46 bits per heavy atom. The summed E-state index contributed by atoms with van der Waals surface area (Å²) in [6.45, 7) is 1.61. The average Bonchev–Trinajstić information content (AvgIpc) is 2.89. The molecule has 2 aromatic rings. The molecule has 0 spiro atoms. The highest BCUT2D eigenvalue weighted by atomic mass is 16.7. The standard InChI is InChI=1S/C19H24N4O5/c1-21-15-8-12(22-9-11(10-22)18(27-2)28-3)4-5-13(15)23(19(21)26)14-6-7-16(24)20-17(14)25/h4-5,8,11,14,18H,6-7,9-10H2,1-3H3,(H,20,24,25). The van der Waals surface area contributed by atoms with Crippen LogP contribution < -0.4 is 15.9 Å². The van der Waals surface area contributed by atoms with E-state index in [1.807, 2.05) is 18.2 Å². The monoisotopic (exact) mass is 388 g/mol. The number of benzene rings is 1. The number of imidazole rings is 1. The van der Waals surface area contributed by atoms with E-state index >= 15 is 0 Å². The van der Waals surface area contributed by atoms with Crippen LogP contribution in [0.4, 0.5) is 5.69 Å². The minimum Gasteiger partial charge on any atom is -0.370 e. The SMILES string of the molecule is COC(OC)C1CN(c2ccc3c(c2)n(C)c(=O)n3C2CCC(=O)NC2=O)C1. The number of nitrogens with one attached hydrogen (secondary N) is 1. The van der Waals surface area contributed by atoms with Gasteiger partial charge in [0.15, 0.2) is 6.29 Å². The molecule has 0 radical (unpaired) electrons. The molecule has 28 heavy (non-hydrogen) atoms. The highest BCUT2D eigenvalue weighted by Gasteiger charge is 2.35. The van der Waals surface area contributed by atoms with Gasteiger partial charge >= 0.3 is 5.69 Å². The molecule has 9 nitrogen and oxygen atoms in total. The number of methoxy groups -OCH3 is 2. The molecule has 1 unspecified atom stereocenters. The predicted octanol–water partition coefficient (Wildman–Crippen LogP) is 0.373. The van der Waals surface area contributed by atoms with Gasteiger partial charge in [-0.15, -0.1) is 0 Å². The lowest BCUT2D eigenvalue weighted by Crippen LogP contribution is -2.53. The van der Waals surface area contributed by atoms with Gasteiger partial charge in [0.25, 0.3) is 0 Å². The van der Waals surface area contributed by atoms with Crippen LogP contribution in [0.25, 0.3) is 11.0 Å². The molecular weight excluding hydrogens is 364 g/mol. The van der Waals surface area contributed by atoms with E-state index in [0.29, 0.717) is 17.9 Å². The number of anilines is 1. The van der Waals surface area contributed by atoms with Crippen LogP contribution in [0.2, 0.25) is 0 Å². The maximum absolute atomic E-state index is 12.8. The van der Waals surface area contributed by atoms with Crippen LogP contribution in [0.1, 0.15) is 18.9 Å². The number of amides is 2. The lowest BCUT2D eigenvalue weighted by atomic mass is 9.98. The fraction of sp³-hybridized carbons (Fsp3) is 0.526. The van der Waals surface area contributed by atoms with E-state index in [1.54, 1.807) is 25.8 Å². The zero-order valence-electron chi connectivity index (χ0n) is 16.2. The first-order valence-corrected chi connectivity index (χ1v) is 9.29. The molecule has 2 aliphatic rings. The molecule has 2 amide bonds. The first-order chi connectivity index (χ1) is 13.4. The number of aromatic nitrogens is 2. The topological polar surface area (TPSA) is 94.8 Å². The second-order valence-electron chi connectivity index (χ2n) is 7.36. The number of nitrogens with zero attached hydrogens (tertiary/aromatic N) is 3. The van der Waals surface area contributed by atoms with Gasteiger partial charge in [-0.25, -0.2) is 4.79 Å². The van der Waals surface area contributed by atoms with Gasteiger partial charge in [-0.3, -0.25) is 24.0 Å². The highest BCUT2D eigenvalue weighted by Crippen LogP contribution is 2.31. The van der Waals surface area contributed by atoms with Gasteiger partial charge in [-0.2, -0.15) is 0 Å². The molecule has 1 aromatic heterocycles. The fourth-order valence-corrected chi connectivity index (χ4v) is 4.16. The summed E-state index contributed by atoms with van der Waals surface area (Å²) in [7, 11) is 4.97. The van der Waals surface area contributed by atoms with Crippen molar-refractivity contribution in [2.75, 3.05) is 32.2 Å². The molecule has 0 aliphatic carbocycles. The van der Waals surface area contributed by atoms with Crippen LogP contribution in [-0.2, 0) is 26.1 Å². The Labute approximate surface area is 161 Å². The van der Waals surface area contributed by atoms with Gasteiger partial charge in [-0.05, 0) is 24.6 Å². The average molecular weight is 388 g/mol. The van der Waals surface area contributed by atoms with Crippen LogP contribution in [-0.4, -0.2) is 54.5 Å². The number of ether oxygens (including phenoxy) is 2. The van der Waals surface area contributed by atoms with Crippen LogP contribution >= 0.6 is 0 Å². The van der Waals surface area contributed by atoms with E-state index < -0.39 is 11.9 Å². The van der Waals surface area contributed by atoms with Gasteiger partial charge in [0.05, 0.1) is 11.0 Å². The Hall–Kier alpha value is -2.65. The van der Waals surface area contributed by atoms with E-state index in [1.165, 1.54) is 4.57 Å². The van der Waals surface area contributed by atoms with Crippen molar-refractivity contribution in [3.05, 3.63) is 28.7 Å². The Balaban J connectivity index is 1.64. The normalized spacial score (nSPS) is 20.7. The molecule has 0 saturated carbocycles. The zero-order chi connectivity index (χ0) is 20.0. The second-order valence-corrected chi connectivity index (χ2v) is 7.36. The molecule has 0 bridgehead atoms. The molecule has 1 aromatic carbocycles. The van der Waals surface area contributed by atoms with Gasteiger partial charge in [0.1, 0.15) is 6.04 Å². The number of hydrogen-bond donors (Lipinski definition) is 1. The van der Waals surface area contributed by atoms with E-state index in [0.717, 1.165) is 24.3 Å². The number of carbonyl (C=O) groups excluding carboxylic acids is 2. The summed E-state index contributed by atoms with van der Waals surface area (Å²) in [4.78, 5) is 38.7. The van der Waals surface area contributed by atoms with Crippen LogP contribution in [0.5, 0.6) is 0 Å². The molecule has 150 valence electrons. The molecule has 4 rings (SSSR count). The van der Waals surface area contributed by atoms with E-state index in [-0.39, 0.29) is 24.3 Å². The van der Waals surface area contributed by atoms with Crippen molar-refractivity contribution in [2.24, 2.45) is 13.0 Å². The summed E-state index contributed by atoms with van der Waals surface area (Å²) in [6, 6.07) is 5.11. The molecule has 2 saturated heterocycles. The molecule has 1 N–H and O–H groups in total. The first kappa shape index (κ1) is 18.7.